The first-order valence-corrected chi connectivity index (χ1v) is 7.82. The Morgan fingerprint density at radius 2 is 2.16 bits per heavy atom. The maximum absolute atomic E-state index is 6.22. The molecule has 0 fully saturated rings. The monoisotopic (exact) mass is 389 g/mol. The molecular formula is C14H17ClIN3. The Kier molecular flexibility index (Phi) is 5.24. The molecule has 0 aliphatic carbocycles. The zero-order chi connectivity index (χ0) is 13.8. The topological polar surface area (TPSA) is 29.9 Å². The van der Waals surface area contributed by atoms with Gasteiger partial charge in [0.25, 0.3) is 0 Å². The Hall–Kier alpha value is -0.590. The van der Waals surface area contributed by atoms with Gasteiger partial charge in [-0.25, -0.2) is 0 Å². The lowest BCUT2D eigenvalue weighted by atomic mass is 10.0. The fourth-order valence-electron chi connectivity index (χ4n) is 2.03. The summed E-state index contributed by atoms with van der Waals surface area (Å²) in [7, 11) is 0. The zero-order valence-electron chi connectivity index (χ0n) is 11.0. The molecule has 1 aromatic carbocycles. The molecule has 0 spiro atoms. The molecule has 0 aliphatic heterocycles. The molecule has 0 radical (unpaired) electrons. The standard InChI is InChI=1S/C14H17ClIN3/c1-3-17-14(11-8-18-19(4-2)9-11)10-5-6-13(16)12(15)7-10/h5-9,14,17H,3-4H2,1-2H3. The first kappa shape index (κ1) is 14.8. The zero-order valence-corrected chi connectivity index (χ0v) is 13.9. The molecule has 0 aliphatic rings. The molecule has 0 saturated carbocycles. The molecule has 1 N–H and O–H groups in total. The van der Waals surface area contributed by atoms with Gasteiger partial charge in [-0.15, -0.1) is 0 Å². The third-order valence-electron chi connectivity index (χ3n) is 3.00. The number of nitrogens with one attached hydrogen (secondary N) is 1. The molecule has 2 rings (SSSR count). The number of rotatable bonds is 5. The van der Waals surface area contributed by atoms with Crippen molar-refractivity contribution in [2.24, 2.45) is 0 Å². The Morgan fingerprint density at radius 1 is 1.37 bits per heavy atom. The van der Waals surface area contributed by atoms with Gasteiger partial charge < -0.3 is 5.32 Å². The van der Waals surface area contributed by atoms with Crippen molar-refractivity contribution in [3.05, 3.63) is 50.3 Å². The normalized spacial score (nSPS) is 12.6. The van der Waals surface area contributed by atoms with Gasteiger partial charge in [-0.3, -0.25) is 4.68 Å². The molecule has 3 nitrogen and oxygen atoms in total. The van der Waals surface area contributed by atoms with Gasteiger partial charge in [0.1, 0.15) is 0 Å². The van der Waals surface area contributed by atoms with E-state index in [2.05, 4.69) is 59.1 Å². The van der Waals surface area contributed by atoms with Crippen LogP contribution >= 0.6 is 34.2 Å². The van der Waals surface area contributed by atoms with Crippen molar-refractivity contribution in [1.82, 2.24) is 15.1 Å². The van der Waals surface area contributed by atoms with Crippen LogP contribution in [0.3, 0.4) is 0 Å². The summed E-state index contributed by atoms with van der Waals surface area (Å²) in [5.74, 6) is 0. The predicted molar refractivity (Wildman–Crippen MR) is 87.6 cm³/mol. The molecule has 0 amide bonds. The number of hydrogen-bond acceptors (Lipinski definition) is 2. The Morgan fingerprint density at radius 3 is 2.74 bits per heavy atom. The molecule has 0 saturated heterocycles. The van der Waals surface area contributed by atoms with E-state index in [0.29, 0.717) is 0 Å². The average Bonchev–Trinajstić information content (AvgIpc) is 2.88. The summed E-state index contributed by atoms with van der Waals surface area (Å²) in [6.45, 7) is 5.96. The molecule has 102 valence electrons. The third kappa shape index (κ3) is 3.49. The second-order valence-corrected chi connectivity index (χ2v) is 5.86. The predicted octanol–water partition coefficient (Wildman–Crippen LogP) is 3.86. The van der Waals surface area contributed by atoms with E-state index in [-0.39, 0.29) is 6.04 Å². The van der Waals surface area contributed by atoms with Crippen LogP contribution in [0.15, 0.2) is 30.6 Å². The molecule has 19 heavy (non-hydrogen) atoms. The quantitative estimate of drug-likeness (QED) is 0.787. The highest BCUT2D eigenvalue weighted by Crippen LogP contribution is 2.27. The smallest absolute Gasteiger partial charge is 0.0608 e. The Labute approximate surface area is 132 Å². The van der Waals surface area contributed by atoms with E-state index in [4.69, 9.17) is 11.6 Å². The molecule has 1 heterocycles. The summed E-state index contributed by atoms with van der Waals surface area (Å²) in [5, 5.41) is 8.63. The van der Waals surface area contributed by atoms with Gasteiger partial charge in [0.15, 0.2) is 0 Å². The number of hydrogen-bond donors (Lipinski definition) is 1. The lowest BCUT2D eigenvalue weighted by Gasteiger charge is -2.17. The van der Waals surface area contributed by atoms with Crippen molar-refractivity contribution in [1.29, 1.82) is 0 Å². The maximum atomic E-state index is 6.22. The van der Waals surface area contributed by atoms with E-state index >= 15 is 0 Å². The Balaban J connectivity index is 2.35. The van der Waals surface area contributed by atoms with E-state index in [1.807, 2.05) is 23.0 Å². The highest BCUT2D eigenvalue weighted by atomic mass is 127. The summed E-state index contributed by atoms with van der Waals surface area (Å²) in [5.41, 5.74) is 2.34. The van der Waals surface area contributed by atoms with Crippen LogP contribution in [-0.2, 0) is 6.54 Å². The first-order chi connectivity index (χ1) is 9.15. The Bertz CT molecular complexity index is 553. The second kappa shape index (κ2) is 6.72. The van der Waals surface area contributed by atoms with Crippen LogP contribution in [0, 0.1) is 3.57 Å². The van der Waals surface area contributed by atoms with Gasteiger partial charge in [-0.05, 0) is 53.8 Å². The van der Waals surface area contributed by atoms with Gasteiger partial charge in [-0.1, -0.05) is 24.6 Å². The highest BCUT2D eigenvalue weighted by Gasteiger charge is 2.15. The summed E-state index contributed by atoms with van der Waals surface area (Å²) in [6, 6.07) is 6.33. The molecule has 1 unspecified atom stereocenters. The minimum absolute atomic E-state index is 0.139. The van der Waals surface area contributed by atoms with Gasteiger partial charge in [0.2, 0.25) is 0 Å². The minimum atomic E-state index is 0.139. The van der Waals surface area contributed by atoms with Crippen molar-refractivity contribution >= 4 is 34.2 Å². The van der Waals surface area contributed by atoms with Gasteiger partial charge in [0.05, 0.1) is 17.3 Å². The SMILES string of the molecule is CCNC(c1ccc(I)c(Cl)c1)c1cnn(CC)c1. The van der Waals surface area contributed by atoms with Crippen molar-refractivity contribution in [2.45, 2.75) is 26.4 Å². The van der Waals surface area contributed by atoms with E-state index < -0.39 is 0 Å². The van der Waals surface area contributed by atoms with Crippen LogP contribution in [0.5, 0.6) is 0 Å². The van der Waals surface area contributed by atoms with E-state index in [9.17, 15) is 0 Å². The third-order valence-corrected chi connectivity index (χ3v) is 4.57. The van der Waals surface area contributed by atoms with Crippen LogP contribution < -0.4 is 5.32 Å². The summed E-state index contributed by atoms with van der Waals surface area (Å²) < 4.78 is 3.01. The molecule has 1 atom stereocenters. The van der Waals surface area contributed by atoms with Crippen molar-refractivity contribution in [3.63, 3.8) is 0 Å². The number of nitrogens with zero attached hydrogens (tertiary/aromatic N) is 2. The minimum Gasteiger partial charge on any atom is -0.306 e. The maximum Gasteiger partial charge on any atom is 0.0608 e. The number of benzene rings is 1. The molecule has 0 bridgehead atoms. The van der Waals surface area contributed by atoms with Gasteiger partial charge in [0, 0.05) is 21.9 Å². The lowest BCUT2D eigenvalue weighted by Crippen LogP contribution is -2.21. The largest absolute Gasteiger partial charge is 0.306 e. The van der Waals surface area contributed by atoms with Gasteiger partial charge in [-0.2, -0.15) is 5.10 Å². The van der Waals surface area contributed by atoms with Gasteiger partial charge >= 0.3 is 0 Å². The van der Waals surface area contributed by atoms with Crippen LogP contribution in [0.1, 0.15) is 31.0 Å². The van der Waals surface area contributed by atoms with E-state index in [1.54, 1.807) is 0 Å². The highest BCUT2D eigenvalue weighted by molar-refractivity contribution is 14.1. The molecule has 1 aromatic heterocycles. The lowest BCUT2D eigenvalue weighted by molar-refractivity contribution is 0.625. The number of aromatic nitrogens is 2. The van der Waals surface area contributed by atoms with Crippen LogP contribution in [0.25, 0.3) is 0 Å². The van der Waals surface area contributed by atoms with Crippen molar-refractivity contribution in [3.8, 4) is 0 Å². The average molecular weight is 390 g/mol. The first-order valence-electron chi connectivity index (χ1n) is 6.36. The van der Waals surface area contributed by atoms with Crippen molar-refractivity contribution < 1.29 is 0 Å². The summed E-state index contributed by atoms with van der Waals surface area (Å²) >= 11 is 8.46. The second-order valence-electron chi connectivity index (χ2n) is 4.29. The number of aryl methyl sites for hydroxylation is 1. The molecule has 5 heteroatoms. The van der Waals surface area contributed by atoms with Crippen LogP contribution in [0.4, 0.5) is 0 Å². The van der Waals surface area contributed by atoms with Crippen LogP contribution in [0.2, 0.25) is 5.02 Å². The molecular weight excluding hydrogens is 373 g/mol. The number of halogens is 2. The van der Waals surface area contributed by atoms with Crippen LogP contribution in [-0.4, -0.2) is 16.3 Å². The van der Waals surface area contributed by atoms with E-state index in [0.717, 1.165) is 21.7 Å². The summed E-state index contributed by atoms with van der Waals surface area (Å²) in [4.78, 5) is 0. The summed E-state index contributed by atoms with van der Waals surface area (Å²) in [6.07, 6.45) is 4.00. The van der Waals surface area contributed by atoms with Crippen molar-refractivity contribution in [2.75, 3.05) is 6.54 Å². The molecule has 2 aromatic rings. The van der Waals surface area contributed by atoms with E-state index in [1.165, 1.54) is 11.1 Å². The fraction of sp³-hybridized carbons (Fsp3) is 0.357. The fourth-order valence-corrected chi connectivity index (χ4v) is 2.55.